The Kier molecular flexibility index (Phi) is 3.94. The Labute approximate surface area is 126 Å². The first-order chi connectivity index (χ1) is 10.1. The number of hydrogen-bond acceptors (Lipinski definition) is 0. The maximum Gasteiger partial charge on any atom is 0.194 e. The molecule has 0 fully saturated rings. The van der Waals surface area contributed by atoms with Crippen LogP contribution in [0.3, 0.4) is 0 Å². The van der Waals surface area contributed by atoms with Crippen LogP contribution in [-0.2, 0) is 12.8 Å². The highest BCUT2D eigenvalue weighted by Crippen LogP contribution is 2.34. The van der Waals surface area contributed by atoms with Gasteiger partial charge in [-0.2, -0.15) is 0 Å². The SMILES string of the molecule is Fc1ccc(C(Cl)c2ccc3c(c2)CCCC3)c(F)c1F. The number of benzene rings is 2. The van der Waals surface area contributed by atoms with Crippen LogP contribution in [0.4, 0.5) is 13.2 Å². The topological polar surface area (TPSA) is 0 Å². The lowest BCUT2D eigenvalue weighted by atomic mass is 9.89. The van der Waals surface area contributed by atoms with Crippen LogP contribution in [0.5, 0.6) is 0 Å². The van der Waals surface area contributed by atoms with E-state index in [4.69, 9.17) is 11.6 Å². The van der Waals surface area contributed by atoms with E-state index in [2.05, 4.69) is 0 Å². The molecule has 2 aromatic rings. The number of hydrogen-bond donors (Lipinski definition) is 0. The van der Waals surface area contributed by atoms with Gasteiger partial charge in [-0.1, -0.05) is 24.3 Å². The van der Waals surface area contributed by atoms with Crippen LogP contribution in [0.2, 0.25) is 0 Å². The molecule has 1 aliphatic carbocycles. The molecule has 21 heavy (non-hydrogen) atoms. The Bertz CT molecular complexity index is 682. The molecule has 0 saturated heterocycles. The second-order valence-electron chi connectivity index (χ2n) is 5.36. The van der Waals surface area contributed by atoms with Crippen molar-refractivity contribution in [1.82, 2.24) is 0 Å². The summed E-state index contributed by atoms with van der Waals surface area (Å²) in [7, 11) is 0. The molecule has 1 unspecified atom stereocenters. The lowest BCUT2D eigenvalue weighted by molar-refractivity contribution is 0.441. The monoisotopic (exact) mass is 310 g/mol. The van der Waals surface area contributed by atoms with Crippen LogP contribution in [0.15, 0.2) is 30.3 Å². The van der Waals surface area contributed by atoms with E-state index < -0.39 is 22.8 Å². The van der Waals surface area contributed by atoms with E-state index in [-0.39, 0.29) is 5.56 Å². The lowest BCUT2D eigenvalue weighted by Gasteiger charge is -2.19. The van der Waals surface area contributed by atoms with Gasteiger partial charge in [0, 0.05) is 5.56 Å². The molecule has 0 spiro atoms. The number of aryl methyl sites for hydroxylation is 2. The first-order valence-electron chi connectivity index (χ1n) is 6.97. The van der Waals surface area contributed by atoms with Crippen LogP contribution in [0.25, 0.3) is 0 Å². The lowest BCUT2D eigenvalue weighted by Crippen LogP contribution is -2.06. The van der Waals surface area contributed by atoms with Gasteiger partial charge in [-0.15, -0.1) is 11.6 Å². The largest absolute Gasteiger partial charge is 0.204 e. The van der Waals surface area contributed by atoms with Crippen molar-refractivity contribution in [2.75, 3.05) is 0 Å². The van der Waals surface area contributed by atoms with Crippen molar-refractivity contribution in [3.63, 3.8) is 0 Å². The molecule has 0 heterocycles. The molecule has 110 valence electrons. The number of rotatable bonds is 2. The summed E-state index contributed by atoms with van der Waals surface area (Å²) < 4.78 is 40.2. The van der Waals surface area contributed by atoms with Crippen LogP contribution in [0, 0.1) is 17.5 Å². The van der Waals surface area contributed by atoms with Crippen molar-refractivity contribution < 1.29 is 13.2 Å². The Morgan fingerprint density at radius 2 is 1.57 bits per heavy atom. The van der Waals surface area contributed by atoms with E-state index in [0.717, 1.165) is 25.3 Å². The molecule has 3 rings (SSSR count). The molecule has 0 aromatic heterocycles. The van der Waals surface area contributed by atoms with E-state index >= 15 is 0 Å². The van der Waals surface area contributed by atoms with E-state index in [1.807, 2.05) is 18.2 Å². The zero-order valence-corrected chi connectivity index (χ0v) is 12.1. The van der Waals surface area contributed by atoms with Crippen molar-refractivity contribution in [1.29, 1.82) is 0 Å². The third-order valence-electron chi connectivity index (χ3n) is 4.00. The smallest absolute Gasteiger partial charge is 0.194 e. The molecule has 0 nitrogen and oxygen atoms in total. The highest BCUT2D eigenvalue weighted by Gasteiger charge is 2.21. The van der Waals surface area contributed by atoms with Gasteiger partial charge in [-0.05, 0) is 48.4 Å². The average molecular weight is 311 g/mol. The Morgan fingerprint density at radius 3 is 2.33 bits per heavy atom. The predicted molar refractivity (Wildman–Crippen MR) is 77.1 cm³/mol. The fourth-order valence-corrected chi connectivity index (χ4v) is 3.13. The molecule has 0 bridgehead atoms. The maximum atomic E-state index is 13.8. The summed E-state index contributed by atoms with van der Waals surface area (Å²) in [5, 5.41) is -0.827. The first-order valence-corrected chi connectivity index (χ1v) is 7.40. The summed E-state index contributed by atoms with van der Waals surface area (Å²) in [5.74, 6) is -3.89. The first kappa shape index (κ1) is 14.5. The fraction of sp³-hybridized carbons (Fsp3) is 0.294. The molecule has 0 N–H and O–H groups in total. The van der Waals surface area contributed by atoms with E-state index in [1.165, 1.54) is 23.6 Å². The molecule has 1 atom stereocenters. The van der Waals surface area contributed by atoms with Gasteiger partial charge in [0.15, 0.2) is 17.5 Å². The van der Waals surface area contributed by atoms with E-state index in [0.29, 0.717) is 5.56 Å². The number of alkyl halides is 1. The summed E-state index contributed by atoms with van der Waals surface area (Å²) in [4.78, 5) is 0. The minimum Gasteiger partial charge on any atom is -0.204 e. The van der Waals surface area contributed by atoms with Crippen molar-refractivity contribution in [2.24, 2.45) is 0 Å². The predicted octanol–water partition coefficient (Wildman–Crippen LogP) is 5.31. The minimum absolute atomic E-state index is 0.0358. The van der Waals surface area contributed by atoms with Gasteiger partial charge in [0.25, 0.3) is 0 Å². The normalized spacial score (nSPS) is 15.6. The van der Waals surface area contributed by atoms with Crippen molar-refractivity contribution >= 4 is 11.6 Å². The van der Waals surface area contributed by atoms with E-state index in [1.54, 1.807) is 0 Å². The average Bonchev–Trinajstić information content (AvgIpc) is 2.52. The van der Waals surface area contributed by atoms with Crippen molar-refractivity contribution in [2.45, 2.75) is 31.1 Å². The molecule has 0 radical (unpaired) electrons. The second-order valence-corrected chi connectivity index (χ2v) is 5.80. The summed E-state index contributed by atoms with van der Waals surface area (Å²) in [6.45, 7) is 0. The summed E-state index contributed by atoms with van der Waals surface area (Å²) in [6.07, 6.45) is 4.33. The summed E-state index contributed by atoms with van der Waals surface area (Å²) in [6, 6.07) is 7.89. The fourth-order valence-electron chi connectivity index (χ4n) is 2.83. The van der Waals surface area contributed by atoms with Crippen LogP contribution in [0.1, 0.15) is 40.5 Å². The van der Waals surface area contributed by atoms with Crippen LogP contribution < -0.4 is 0 Å². The zero-order chi connectivity index (χ0) is 15.0. The molecule has 0 saturated carbocycles. The summed E-state index contributed by atoms with van der Waals surface area (Å²) in [5.41, 5.74) is 3.18. The van der Waals surface area contributed by atoms with Crippen molar-refractivity contribution in [3.8, 4) is 0 Å². The molecule has 1 aliphatic rings. The molecule has 0 aliphatic heterocycles. The van der Waals surface area contributed by atoms with E-state index in [9.17, 15) is 13.2 Å². The quantitative estimate of drug-likeness (QED) is 0.521. The van der Waals surface area contributed by atoms with Crippen molar-refractivity contribution in [3.05, 3.63) is 70.0 Å². The minimum atomic E-state index is -1.48. The van der Waals surface area contributed by atoms with Crippen LogP contribution in [-0.4, -0.2) is 0 Å². The van der Waals surface area contributed by atoms with Gasteiger partial charge in [0.1, 0.15) is 0 Å². The maximum absolute atomic E-state index is 13.8. The highest BCUT2D eigenvalue weighted by atomic mass is 35.5. The Balaban J connectivity index is 1.99. The van der Waals surface area contributed by atoms with Crippen LogP contribution >= 0.6 is 11.6 Å². The molecule has 2 aromatic carbocycles. The standard InChI is InChI=1S/C17H14ClF3/c18-15(13-7-8-14(19)17(21)16(13)20)12-6-5-10-3-1-2-4-11(10)9-12/h5-9,15H,1-4H2. The number of halogens is 4. The molecule has 4 heteroatoms. The molecular formula is C17H14ClF3. The Hall–Kier alpha value is -1.48. The van der Waals surface area contributed by atoms with Gasteiger partial charge >= 0.3 is 0 Å². The van der Waals surface area contributed by atoms with Gasteiger partial charge in [0.2, 0.25) is 0 Å². The molecule has 0 amide bonds. The third-order valence-corrected chi connectivity index (χ3v) is 4.49. The Morgan fingerprint density at radius 1 is 0.857 bits per heavy atom. The second kappa shape index (κ2) is 5.72. The van der Waals surface area contributed by atoms with Gasteiger partial charge < -0.3 is 0 Å². The van der Waals surface area contributed by atoms with Gasteiger partial charge in [0.05, 0.1) is 5.38 Å². The molecular weight excluding hydrogens is 297 g/mol. The summed E-state index contributed by atoms with van der Waals surface area (Å²) >= 11 is 6.27. The highest BCUT2D eigenvalue weighted by molar-refractivity contribution is 6.22. The zero-order valence-electron chi connectivity index (χ0n) is 11.3. The van der Waals surface area contributed by atoms with Gasteiger partial charge in [-0.3, -0.25) is 0 Å². The number of fused-ring (bicyclic) bond motifs is 1. The van der Waals surface area contributed by atoms with Gasteiger partial charge in [-0.25, -0.2) is 13.2 Å². The third kappa shape index (κ3) is 2.67.